The van der Waals surface area contributed by atoms with Crippen molar-refractivity contribution in [3.05, 3.63) is 0 Å². The second-order valence-corrected chi connectivity index (χ2v) is 4.25. The molecule has 0 amide bonds. The molecule has 0 aliphatic rings. The lowest BCUT2D eigenvalue weighted by Crippen LogP contribution is -2.42. The highest BCUT2D eigenvalue weighted by Crippen LogP contribution is 2.36. The van der Waals surface area contributed by atoms with E-state index in [9.17, 15) is 10.2 Å². The summed E-state index contributed by atoms with van der Waals surface area (Å²) >= 11 is 0. The van der Waals surface area contributed by atoms with Gasteiger partial charge in [-0.05, 0) is 18.8 Å². The van der Waals surface area contributed by atoms with Gasteiger partial charge in [0, 0.05) is 5.41 Å². The Bertz CT molecular complexity index is 129. The van der Waals surface area contributed by atoms with Crippen LogP contribution in [0.5, 0.6) is 0 Å². The molecule has 0 rings (SSSR count). The maximum atomic E-state index is 10.3. The van der Waals surface area contributed by atoms with Gasteiger partial charge in [-0.15, -0.1) is 0 Å². The molecular weight excluding hydrogens is 176 g/mol. The topological polar surface area (TPSA) is 40.5 Å². The maximum Gasteiger partial charge on any atom is 0.0646 e. The summed E-state index contributed by atoms with van der Waals surface area (Å²) in [4.78, 5) is 0. The average Bonchev–Trinajstić information content (AvgIpc) is 2.23. The molecule has 1 atom stereocenters. The zero-order valence-electron chi connectivity index (χ0n) is 10.1. The minimum absolute atomic E-state index is 0.0949. The molecule has 0 aromatic heterocycles. The molecule has 0 heterocycles. The van der Waals surface area contributed by atoms with E-state index in [2.05, 4.69) is 13.8 Å². The van der Waals surface area contributed by atoms with Crippen LogP contribution in [0.25, 0.3) is 0 Å². The summed E-state index contributed by atoms with van der Waals surface area (Å²) in [6.07, 6.45) is 3.30. The van der Waals surface area contributed by atoms with Gasteiger partial charge in [0.05, 0.1) is 12.7 Å². The molecular formula is C12H26O2. The van der Waals surface area contributed by atoms with Gasteiger partial charge in [-0.2, -0.15) is 0 Å². The summed E-state index contributed by atoms with van der Waals surface area (Å²) in [5, 5.41) is 19.7. The Balaban J connectivity index is 4.63. The SMILES string of the molecule is CCC(CC)C(O)C(CC)(CC)CO. The van der Waals surface area contributed by atoms with E-state index < -0.39 is 0 Å². The molecule has 0 radical (unpaired) electrons. The minimum Gasteiger partial charge on any atom is -0.396 e. The lowest BCUT2D eigenvalue weighted by molar-refractivity contribution is -0.0586. The van der Waals surface area contributed by atoms with Crippen molar-refractivity contribution in [2.24, 2.45) is 11.3 Å². The highest BCUT2D eigenvalue weighted by atomic mass is 16.3. The van der Waals surface area contributed by atoms with E-state index in [-0.39, 0.29) is 18.1 Å². The Labute approximate surface area is 88.3 Å². The Kier molecular flexibility index (Phi) is 6.38. The Morgan fingerprint density at radius 1 is 1.00 bits per heavy atom. The van der Waals surface area contributed by atoms with Gasteiger partial charge >= 0.3 is 0 Å². The van der Waals surface area contributed by atoms with Gasteiger partial charge < -0.3 is 10.2 Å². The third-order valence-corrected chi connectivity index (χ3v) is 3.85. The fraction of sp³-hybridized carbons (Fsp3) is 1.00. The Morgan fingerprint density at radius 3 is 1.64 bits per heavy atom. The van der Waals surface area contributed by atoms with E-state index in [1.807, 2.05) is 13.8 Å². The highest BCUT2D eigenvalue weighted by molar-refractivity contribution is 4.87. The first kappa shape index (κ1) is 13.9. The van der Waals surface area contributed by atoms with E-state index in [1.54, 1.807) is 0 Å². The van der Waals surface area contributed by atoms with Gasteiger partial charge in [-0.25, -0.2) is 0 Å². The number of aliphatic hydroxyl groups excluding tert-OH is 2. The van der Waals surface area contributed by atoms with Crippen LogP contribution in [0, 0.1) is 11.3 Å². The van der Waals surface area contributed by atoms with Crippen LogP contribution < -0.4 is 0 Å². The molecule has 0 aromatic carbocycles. The fourth-order valence-electron chi connectivity index (χ4n) is 2.22. The predicted molar refractivity (Wildman–Crippen MR) is 60.2 cm³/mol. The maximum absolute atomic E-state index is 10.3. The van der Waals surface area contributed by atoms with Crippen LogP contribution in [0.1, 0.15) is 53.4 Å². The molecule has 0 aliphatic heterocycles. The minimum atomic E-state index is -0.363. The zero-order valence-corrected chi connectivity index (χ0v) is 10.1. The van der Waals surface area contributed by atoms with Crippen molar-refractivity contribution in [2.45, 2.75) is 59.5 Å². The molecule has 2 nitrogen and oxygen atoms in total. The molecule has 2 N–H and O–H groups in total. The van der Waals surface area contributed by atoms with Crippen LogP contribution in [0.3, 0.4) is 0 Å². The summed E-state index contributed by atoms with van der Waals surface area (Å²) in [5.74, 6) is 0.321. The third kappa shape index (κ3) is 2.71. The second-order valence-electron chi connectivity index (χ2n) is 4.25. The largest absolute Gasteiger partial charge is 0.396 e. The summed E-state index contributed by atoms with van der Waals surface area (Å²) < 4.78 is 0. The van der Waals surface area contributed by atoms with Gasteiger partial charge in [-0.3, -0.25) is 0 Å². The zero-order chi connectivity index (χ0) is 11.2. The van der Waals surface area contributed by atoms with Gasteiger partial charge in [0.2, 0.25) is 0 Å². The summed E-state index contributed by atoms with van der Waals surface area (Å²) in [7, 11) is 0. The molecule has 0 spiro atoms. The van der Waals surface area contributed by atoms with Crippen molar-refractivity contribution in [3.8, 4) is 0 Å². The van der Waals surface area contributed by atoms with Crippen molar-refractivity contribution < 1.29 is 10.2 Å². The molecule has 1 unspecified atom stereocenters. The first-order chi connectivity index (χ1) is 6.61. The number of hydrogen-bond donors (Lipinski definition) is 2. The molecule has 0 aromatic rings. The molecule has 0 aliphatic carbocycles. The van der Waals surface area contributed by atoms with Crippen molar-refractivity contribution in [2.75, 3.05) is 6.61 Å². The summed E-state index contributed by atoms with van der Waals surface area (Å²) in [5.41, 5.74) is -0.281. The van der Waals surface area contributed by atoms with Crippen LogP contribution in [-0.2, 0) is 0 Å². The predicted octanol–water partition coefficient (Wildman–Crippen LogP) is 2.58. The van der Waals surface area contributed by atoms with Crippen LogP contribution in [0.2, 0.25) is 0 Å². The smallest absolute Gasteiger partial charge is 0.0646 e. The average molecular weight is 202 g/mol. The normalized spacial score (nSPS) is 14.8. The Morgan fingerprint density at radius 2 is 1.43 bits per heavy atom. The second kappa shape index (κ2) is 6.41. The molecule has 0 saturated heterocycles. The fourth-order valence-corrected chi connectivity index (χ4v) is 2.22. The van der Waals surface area contributed by atoms with Gasteiger partial charge in [0.25, 0.3) is 0 Å². The summed E-state index contributed by atoms with van der Waals surface area (Å²) in [6, 6.07) is 0. The number of rotatable bonds is 7. The van der Waals surface area contributed by atoms with Crippen LogP contribution in [0.15, 0.2) is 0 Å². The molecule has 0 bridgehead atoms. The van der Waals surface area contributed by atoms with E-state index in [1.165, 1.54) is 0 Å². The quantitative estimate of drug-likeness (QED) is 0.666. The monoisotopic (exact) mass is 202 g/mol. The molecule has 2 heteroatoms. The van der Waals surface area contributed by atoms with Crippen molar-refractivity contribution in [1.29, 1.82) is 0 Å². The standard InChI is InChI=1S/C12H26O2/c1-5-10(6-2)11(14)12(7-3,8-4)9-13/h10-11,13-14H,5-9H2,1-4H3. The van der Waals surface area contributed by atoms with Gasteiger partial charge in [-0.1, -0.05) is 40.5 Å². The number of hydrogen-bond acceptors (Lipinski definition) is 2. The van der Waals surface area contributed by atoms with E-state index in [0.29, 0.717) is 5.92 Å². The molecule has 0 saturated carbocycles. The highest BCUT2D eigenvalue weighted by Gasteiger charge is 2.37. The molecule has 0 fully saturated rings. The molecule has 14 heavy (non-hydrogen) atoms. The van der Waals surface area contributed by atoms with Crippen LogP contribution >= 0.6 is 0 Å². The third-order valence-electron chi connectivity index (χ3n) is 3.85. The van der Waals surface area contributed by atoms with Crippen molar-refractivity contribution in [1.82, 2.24) is 0 Å². The number of aliphatic hydroxyl groups is 2. The summed E-state index contributed by atoms with van der Waals surface area (Å²) in [6.45, 7) is 8.39. The molecule has 86 valence electrons. The Hall–Kier alpha value is -0.0800. The van der Waals surface area contributed by atoms with E-state index >= 15 is 0 Å². The van der Waals surface area contributed by atoms with Crippen LogP contribution in [0.4, 0.5) is 0 Å². The lowest BCUT2D eigenvalue weighted by atomic mass is 9.71. The lowest BCUT2D eigenvalue weighted by Gasteiger charge is -2.38. The van der Waals surface area contributed by atoms with Gasteiger partial charge in [0.15, 0.2) is 0 Å². The van der Waals surface area contributed by atoms with Crippen molar-refractivity contribution >= 4 is 0 Å². The first-order valence-corrected chi connectivity index (χ1v) is 5.90. The van der Waals surface area contributed by atoms with Crippen LogP contribution in [-0.4, -0.2) is 22.9 Å². The first-order valence-electron chi connectivity index (χ1n) is 5.90. The van der Waals surface area contributed by atoms with Gasteiger partial charge in [0.1, 0.15) is 0 Å². The van der Waals surface area contributed by atoms with E-state index in [4.69, 9.17) is 0 Å². The van der Waals surface area contributed by atoms with E-state index in [0.717, 1.165) is 25.7 Å². The van der Waals surface area contributed by atoms with Crippen molar-refractivity contribution in [3.63, 3.8) is 0 Å².